The lowest BCUT2D eigenvalue weighted by molar-refractivity contribution is -0.119. The van der Waals surface area contributed by atoms with Crippen molar-refractivity contribution in [1.29, 1.82) is 0 Å². The summed E-state index contributed by atoms with van der Waals surface area (Å²) in [4.78, 5) is 22.6. The Hall–Kier alpha value is -1.64. The Balaban J connectivity index is 2.52. The minimum absolute atomic E-state index is 0.109. The van der Waals surface area contributed by atoms with E-state index >= 15 is 0 Å². The molecule has 1 amide bonds. The molecule has 0 spiro atoms. The van der Waals surface area contributed by atoms with Gasteiger partial charge in [0.05, 0.1) is 5.92 Å². The van der Waals surface area contributed by atoms with Gasteiger partial charge in [0.1, 0.15) is 0 Å². The molecule has 72 valence electrons. The van der Waals surface area contributed by atoms with Gasteiger partial charge < -0.3 is 5.73 Å². The smallest absolute Gasteiger partial charge is 0.224 e. The SMILES string of the molecule is NC(=O)C1CCC(=O)c2ccccc21. The van der Waals surface area contributed by atoms with Crippen molar-refractivity contribution in [2.45, 2.75) is 18.8 Å². The first-order chi connectivity index (χ1) is 6.70. The van der Waals surface area contributed by atoms with Gasteiger partial charge in [-0.25, -0.2) is 0 Å². The number of fused-ring (bicyclic) bond motifs is 1. The average molecular weight is 189 g/mol. The third-order valence-electron chi connectivity index (χ3n) is 2.64. The van der Waals surface area contributed by atoms with Crippen molar-refractivity contribution in [2.75, 3.05) is 0 Å². The van der Waals surface area contributed by atoms with Crippen molar-refractivity contribution < 1.29 is 9.59 Å². The summed E-state index contributed by atoms with van der Waals surface area (Å²) in [6.45, 7) is 0. The number of rotatable bonds is 1. The molecule has 3 nitrogen and oxygen atoms in total. The average Bonchev–Trinajstić information content (AvgIpc) is 2.18. The number of benzene rings is 1. The number of nitrogens with two attached hydrogens (primary N) is 1. The predicted octanol–water partition coefficient (Wildman–Crippen LogP) is 1.23. The Labute approximate surface area is 81.9 Å². The lowest BCUT2D eigenvalue weighted by atomic mass is 9.82. The fraction of sp³-hybridized carbons (Fsp3) is 0.273. The lowest BCUT2D eigenvalue weighted by Crippen LogP contribution is -2.27. The van der Waals surface area contributed by atoms with E-state index in [1.54, 1.807) is 12.1 Å². The van der Waals surface area contributed by atoms with E-state index in [4.69, 9.17) is 5.73 Å². The summed E-state index contributed by atoms with van der Waals surface area (Å²) >= 11 is 0. The quantitative estimate of drug-likeness (QED) is 0.722. The molecule has 0 fully saturated rings. The van der Waals surface area contributed by atoms with Crippen LogP contribution < -0.4 is 5.73 Å². The van der Waals surface area contributed by atoms with E-state index in [1.807, 2.05) is 12.1 Å². The van der Waals surface area contributed by atoms with E-state index in [2.05, 4.69) is 0 Å². The van der Waals surface area contributed by atoms with Gasteiger partial charge in [-0.1, -0.05) is 24.3 Å². The summed E-state index contributed by atoms with van der Waals surface area (Å²) < 4.78 is 0. The number of Topliss-reactive ketones (excluding diaryl/α,β-unsaturated/α-hetero) is 1. The van der Waals surface area contributed by atoms with Gasteiger partial charge in [-0.05, 0) is 12.0 Å². The lowest BCUT2D eigenvalue weighted by Gasteiger charge is -2.21. The molecule has 1 aromatic rings. The Morgan fingerprint density at radius 2 is 2.07 bits per heavy atom. The molecule has 0 saturated carbocycles. The third-order valence-corrected chi connectivity index (χ3v) is 2.64. The number of hydrogen-bond acceptors (Lipinski definition) is 2. The first-order valence-electron chi connectivity index (χ1n) is 4.61. The first kappa shape index (κ1) is 8.94. The minimum atomic E-state index is -0.343. The summed E-state index contributed by atoms with van der Waals surface area (Å²) in [5, 5.41) is 0. The molecule has 0 heterocycles. The second-order valence-corrected chi connectivity index (χ2v) is 3.50. The molecular formula is C11H11NO2. The van der Waals surface area contributed by atoms with Gasteiger partial charge in [0.15, 0.2) is 5.78 Å². The van der Waals surface area contributed by atoms with Crippen LogP contribution in [0.1, 0.15) is 34.7 Å². The van der Waals surface area contributed by atoms with Crippen LogP contribution in [0.15, 0.2) is 24.3 Å². The normalized spacial score (nSPS) is 20.3. The maximum atomic E-state index is 11.5. The molecule has 1 aliphatic rings. The maximum Gasteiger partial charge on any atom is 0.224 e. The van der Waals surface area contributed by atoms with Crippen LogP contribution in [-0.4, -0.2) is 11.7 Å². The number of carbonyl (C=O) groups is 2. The number of ketones is 1. The van der Waals surface area contributed by atoms with E-state index in [9.17, 15) is 9.59 Å². The third kappa shape index (κ3) is 1.31. The molecule has 0 bridgehead atoms. The summed E-state index contributed by atoms with van der Waals surface area (Å²) in [6, 6.07) is 7.20. The first-order valence-corrected chi connectivity index (χ1v) is 4.61. The molecule has 1 atom stereocenters. The molecule has 0 radical (unpaired) electrons. The van der Waals surface area contributed by atoms with Gasteiger partial charge in [-0.15, -0.1) is 0 Å². The van der Waals surface area contributed by atoms with Crippen LogP contribution in [0.3, 0.4) is 0 Å². The van der Waals surface area contributed by atoms with Crippen LogP contribution >= 0.6 is 0 Å². The zero-order valence-electron chi connectivity index (χ0n) is 7.69. The molecule has 14 heavy (non-hydrogen) atoms. The predicted molar refractivity (Wildman–Crippen MR) is 51.9 cm³/mol. The van der Waals surface area contributed by atoms with E-state index in [-0.39, 0.29) is 17.6 Å². The highest BCUT2D eigenvalue weighted by atomic mass is 16.1. The molecule has 1 aliphatic carbocycles. The van der Waals surface area contributed by atoms with Crippen molar-refractivity contribution in [1.82, 2.24) is 0 Å². The molecule has 1 aromatic carbocycles. The number of hydrogen-bond donors (Lipinski definition) is 1. The zero-order chi connectivity index (χ0) is 10.1. The van der Waals surface area contributed by atoms with Crippen LogP contribution in [0, 0.1) is 0 Å². The summed E-state index contributed by atoms with van der Waals surface area (Å²) in [5.41, 5.74) is 6.72. The highest BCUT2D eigenvalue weighted by Crippen LogP contribution is 2.30. The van der Waals surface area contributed by atoms with Crippen molar-refractivity contribution >= 4 is 11.7 Å². The van der Waals surface area contributed by atoms with Crippen molar-refractivity contribution in [3.8, 4) is 0 Å². The van der Waals surface area contributed by atoms with Gasteiger partial charge in [-0.3, -0.25) is 9.59 Å². The summed E-state index contributed by atoms with van der Waals surface area (Å²) in [7, 11) is 0. The minimum Gasteiger partial charge on any atom is -0.369 e. The van der Waals surface area contributed by atoms with Crippen LogP contribution in [-0.2, 0) is 4.79 Å². The molecule has 3 heteroatoms. The molecular weight excluding hydrogens is 178 g/mol. The standard InChI is InChI=1S/C11H11NO2/c12-11(14)9-5-6-10(13)8-4-2-1-3-7(8)9/h1-4,9H,5-6H2,(H2,12,14). The van der Waals surface area contributed by atoms with Crippen molar-refractivity contribution in [3.63, 3.8) is 0 Å². The Kier molecular flexibility index (Phi) is 2.08. The number of amides is 1. The van der Waals surface area contributed by atoms with Gasteiger partial charge in [0.2, 0.25) is 5.91 Å². The zero-order valence-corrected chi connectivity index (χ0v) is 7.69. The molecule has 0 aliphatic heterocycles. The van der Waals surface area contributed by atoms with E-state index in [0.717, 1.165) is 5.56 Å². The number of carbonyl (C=O) groups excluding carboxylic acids is 2. The highest BCUT2D eigenvalue weighted by Gasteiger charge is 2.28. The van der Waals surface area contributed by atoms with Gasteiger partial charge in [0, 0.05) is 12.0 Å². The molecule has 1 unspecified atom stereocenters. The van der Waals surface area contributed by atoms with Crippen LogP contribution in [0.4, 0.5) is 0 Å². The molecule has 2 N–H and O–H groups in total. The summed E-state index contributed by atoms with van der Waals surface area (Å²) in [5.74, 6) is -0.521. The summed E-state index contributed by atoms with van der Waals surface area (Å²) in [6.07, 6.45) is 0.968. The van der Waals surface area contributed by atoms with Gasteiger partial charge >= 0.3 is 0 Å². The second-order valence-electron chi connectivity index (χ2n) is 3.50. The van der Waals surface area contributed by atoms with Gasteiger partial charge in [0.25, 0.3) is 0 Å². The van der Waals surface area contributed by atoms with E-state index < -0.39 is 0 Å². The monoisotopic (exact) mass is 189 g/mol. The van der Waals surface area contributed by atoms with E-state index in [0.29, 0.717) is 18.4 Å². The maximum absolute atomic E-state index is 11.5. The Morgan fingerprint density at radius 1 is 1.36 bits per heavy atom. The van der Waals surface area contributed by atoms with Crippen LogP contribution in [0.2, 0.25) is 0 Å². The fourth-order valence-electron chi connectivity index (χ4n) is 1.92. The molecule has 0 aromatic heterocycles. The van der Waals surface area contributed by atoms with Crippen LogP contribution in [0.5, 0.6) is 0 Å². The largest absolute Gasteiger partial charge is 0.369 e. The Bertz CT molecular complexity index is 398. The topological polar surface area (TPSA) is 60.2 Å². The highest BCUT2D eigenvalue weighted by molar-refractivity contribution is 6.01. The van der Waals surface area contributed by atoms with Gasteiger partial charge in [-0.2, -0.15) is 0 Å². The van der Waals surface area contributed by atoms with Crippen molar-refractivity contribution in [3.05, 3.63) is 35.4 Å². The number of primary amides is 1. The second kappa shape index (κ2) is 3.25. The molecule has 0 saturated heterocycles. The van der Waals surface area contributed by atoms with Crippen molar-refractivity contribution in [2.24, 2.45) is 5.73 Å². The van der Waals surface area contributed by atoms with E-state index in [1.165, 1.54) is 0 Å². The fourth-order valence-corrected chi connectivity index (χ4v) is 1.92. The molecule has 2 rings (SSSR count). The Morgan fingerprint density at radius 3 is 2.79 bits per heavy atom. The van der Waals surface area contributed by atoms with Crippen LogP contribution in [0.25, 0.3) is 0 Å².